The lowest BCUT2D eigenvalue weighted by molar-refractivity contribution is -0.126. The number of hydrogen-bond donors (Lipinski definition) is 1. The number of nitrogens with zero attached hydrogens (tertiary/aromatic N) is 3. The van der Waals surface area contributed by atoms with Gasteiger partial charge in [-0.2, -0.15) is 0 Å². The van der Waals surface area contributed by atoms with Crippen LogP contribution in [-0.4, -0.2) is 44.7 Å². The first-order chi connectivity index (χ1) is 15.5. The second-order valence-electron chi connectivity index (χ2n) is 8.00. The Morgan fingerprint density at radius 3 is 2.84 bits per heavy atom. The fourth-order valence-corrected chi connectivity index (χ4v) is 4.94. The van der Waals surface area contributed by atoms with Crippen molar-refractivity contribution in [3.63, 3.8) is 0 Å². The minimum atomic E-state index is -0.0719. The Hall–Kier alpha value is -2.78. The molecule has 1 atom stereocenters. The molecule has 1 unspecified atom stereocenters. The number of fused-ring (bicyclic) bond motifs is 2. The van der Waals surface area contributed by atoms with Crippen molar-refractivity contribution in [2.24, 2.45) is 0 Å². The Morgan fingerprint density at radius 2 is 2.03 bits per heavy atom. The SMILES string of the molecule is CC(c1cccc2ccccc12)N(CI)C(=O)C=Cc1cnc2c(c1)CN(C)CC(=O)N2. The van der Waals surface area contributed by atoms with Crippen LogP contribution in [0.1, 0.15) is 29.7 Å². The molecule has 164 valence electrons. The van der Waals surface area contributed by atoms with Crippen molar-refractivity contribution >= 4 is 57.1 Å². The number of aromatic nitrogens is 1. The molecule has 2 amide bonds. The molecule has 0 saturated carbocycles. The third kappa shape index (κ3) is 4.83. The molecule has 1 aliphatic heterocycles. The van der Waals surface area contributed by atoms with Gasteiger partial charge in [0.15, 0.2) is 0 Å². The van der Waals surface area contributed by atoms with Crippen molar-refractivity contribution in [3.8, 4) is 0 Å². The second kappa shape index (κ2) is 9.79. The van der Waals surface area contributed by atoms with E-state index in [0.717, 1.165) is 22.1 Å². The first-order valence-electron chi connectivity index (χ1n) is 10.5. The molecule has 3 aromatic rings. The molecule has 0 bridgehead atoms. The van der Waals surface area contributed by atoms with Gasteiger partial charge in [-0.25, -0.2) is 4.98 Å². The van der Waals surface area contributed by atoms with Gasteiger partial charge in [0, 0.05) is 24.4 Å². The number of hydrogen-bond acceptors (Lipinski definition) is 4. The Balaban J connectivity index is 1.55. The van der Waals surface area contributed by atoms with E-state index >= 15 is 0 Å². The molecule has 1 aliphatic rings. The zero-order valence-corrected chi connectivity index (χ0v) is 20.2. The van der Waals surface area contributed by atoms with Gasteiger partial charge < -0.3 is 10.2 Å². The van der Waals surface area contributed by atoms with Crippen molar-refractivity contribution in [2.45, 2.75) is 19.5 Å². The summed E-state index contributed by atoms with van der Waals surface area (Å²) in [6, 6.07) is 16.4. The number of anilines is 1. The topological polar surface area (TPSA) is 65.5 Å². The van der Waals surface area contributed by atoms with E-state index in [9.17, 15) is 9.59 Å². The lowest BCUT2D eigenvalue weighted by atomic mass is 9.99. The summed E-state index contributed by atoms with van der Waals surface area (Å²) in [5.74, 6) is 0.457. The maximum absolute atomic E-state index is 13.1. The Morgan fingerprint density at radius 1 is 1.25 bits per heavy atom. The van der Waals surface area contributed by atoms with Crippen molar-refractivity contribution < 1.29 is 9.59 Å². The van der Waals surface area contributed by atoms with Gasteiger partial charge in [0.25, 0.3) is 0 Å². The number of benzene rings is 2. The van der Waals surface area contributed by atoms with Crippen LogP contribution in [-0.2, 0) is 16.1 Å². The van der Waals surface area contributed by atoms with Gasteiger partial charge in [0.2, 0.25) is 11.8 Å². The minimum Gasteiger partial charge on any atom is -0.323 e. The summed E-state index contributed by atoms with van der Waals surface area (Å²) in [7, 11) is 1.90. The van der Waals surface area contributed by atoms with E-state index in [-0.39, 0.29) is 17.9 Å². The van der Waals surface area contributed by atoms with Crippen LogP contribution in [0.25, 0.3) is 16.8 Å². The molecule has 0 fully saturated rings. The van der Waals surface area contributed by atoms with E-state index in [4.69, 9.17) is 0 Å². The highest BCUT2D eigenvalue weighted by atomic mass is 127. The number of carbonyl (C=O) groups is 2. The number of amides is 2. The second-order valence-corrected chi connectivity index (χ2v) is 8.68. The number of alkyl halides is 1. The lowest BCUT2D eigenvalue weighted by Gasteiger charge is -2.27. The standard InChI is InChI=1S/C25H25IN4O2/c1-17(21-9-5-7-19-6-3-4-8-22(19)21)30(16-26)24(32)11-10-18-12-20-14-29(2)15-23(31)28-25(20)27-13-18/h3-13,17H,14-16H2,1-2H3,(H,27,28,31). The van der Waals surface area contributed by atoms with Crippen LogP contribution in [0.4, 0.5) is 5.82 Å². The molecular weight excluding hydrogens is 515 g/mol. The number of carbonyl (C=O) groups excluding carboxylic acids is 2. The highest BCUT2D eigenvalue weighted by Crippen LogP contribution is 2.29. The van der Waals surface area contributed by atoms with Crippen molar-refractivity contribution in [1.82, 2.24) is 14.8 Å². The first kappa shape index (κ1) is 22.4. The fourth-order valence-electron chi connectivity index (χ4n) is 4.02. The van der Waals surface area contributed by atoms with Gasteiger partial charge >= 0.3 is 0 Å². The summed E-state index contributed by atoms with van der Waals surface area (Å²) in [6.45, 7) is 3.01. The van der Waals surface area contributed by atoms with Gasteiger partial charge in [0.1, 0.15) is 5.82 Å². The van der Waals surface area contributed by atoms with Gasteiger partial charge in [0.05, 0.1) is 17.1 Å². The molecule has 0 saturated heterocycles. The maximum atomic E-state index is 13.1. The molecule has 0 spiro atoms. The number of pyridine rings is 1. The molecule has 0 radical (unpaired) electrons. The maximum Gasteiger partial charge on any atom is 0.247 e. The van der Waals surface area contributed by atoms with E-state index in [0.29, 0.717) is 23.5 Å². The molecule has 2 aromatic carbocycles. The Labute approximate surface area is 201 Å². The third-order valence-electron chi connectivity index (χ3n) is 5.67. The van der Waals surface area contributed by atoms with Crippen molar-refractivity contribution in [1.29, 1.82) is 0 Å². The third-order valence-corrected chi connectivity index (χ3v) is 6.41. The summed E-state index contributed by atoms with van der Waals surface area (Å²) in [6.07, 6.45) is 5.07. The predicted molar refractivity (Wildman–Crippen MR) is 136 cm³/mol. The smallest absolute Gasteiger partial charge is 0.247 e. The number of halogens is 1. The average Bonchev–Trinajstić information content (AvgIpc) is 2.93. The van der Waals surface area contributed by atoms with E-state index in [1.165, 1.54) is 5.39 Å². The summed E-state index contributed by atoms with van der Waals surface area (Å²) in [5, 5.41) is 5.16. The fraction of sp³-hybridized carbons (Fsp3) is 0.240. The molecule has 7 heteroatoms. The highest BCUT2D eigenvalue weighted by Gasteiger charge is 2.21. The van der Waals surface area contributed by atoms with Crippen molar-refractivity contribution in [3.05, 3.63) is 77.5 Å². The van der Waals surface area contributed by atoms with Crippen LogP contribution in [0.5, 0.6) is 0 Å². The molecule has 1 aromatic heterocycles. The summed E-state index contributed by atoms with van der Waals surface area (Å²) in [5.41, 5.74) is 2.89. The van der Waals surface area contributed by atoms with Crippen LogP contribution in [0.2, 0.25) is 0 Å². The van der Waals surface area contributed by atoms with E-state index in [1.807, 2.05) is 41.1 Å². The number of likely N-dealkylation sites (N-methyl/N-ethyl adjacent to an activating group) is 1. The zero-order valence-electron chi connectivity index (χ0n) is 18.1. The predicted octanol–water partition coefficient (Wildman–Crippen LogP) is 4.61. The van der Waals surface area contributed by atoms with Crippen LogP contribution >= 0.6 is 22.6 Å². The Kier molecular flexibility index (Phi) is 6.86. The van der Waals surface area contributed by atoms with Crippen LogP contribution in [0.15, 0.2) is 60.8 Å². The lowest BCUT2D eigenvalue weighted by Crippen LogP contribution is -2.31. The molecule has 0 aliphatic carbocycles. The Bertz CT molecular complexity index is 1190. The van der Waals surface area contributed by atoms with E-state index in [2.05, 4.69) is 64.1 Å². The average molecular weight is 540 g/mol. The van der Waals surface area contributed by atoms with Gasteiger partial charge in [-0.05, 0) is 48.0 Å². The molecule has 2 heterocycles. The van der Waals surface area contributed by atoms with Gasteiger partial charge in [-0.1, -0.05) is 65.1 Å². The van der Waals surface area contributed by atoms with Crippen LogP contribution < -0.4 is 5.32 Å². The molecule has 4 rings (SSSR count). The van der Waals surface area contributed by atoms with E-state index in [1.54, 1.807) is 18.3 Å². The zero-order chi connectivity index (χ0) is 22.7. The molecule has 6 nitrogen and oxygen atoms in total. The molecular formula is C25H25IN4O2. The summed E-state index contributed by atoms with van der Waals surface area (Å²) < 4.78 is 0.574. The monoisotopic (exact) mass is 540 g/mol. The van der Waals surface area contributed by atoms with Crippen LogP contribution in [0.3, 0.4) is 0 Å². The normalized spacial score (nSPS) is 15.3. The summed E-state index contributed by atoms with van der Waals surface area (Å²) in [4.78, 5) is 33.1. The molecule has 1 N–H and O–H groups in total. The highest BCUT2D eigenvalue weighted by molar-refractivity contribution is 14.1. The van der Waals surface area contributed by atoms with Gasteiger partial charge in [-0.15, -0.1) is 0 Å². The minimum absolute atomic E-state index is 0.0554. The largest absolute Gasteiger partial charge is 0.323 e. The van der Waals surface area contributed by atoms with Crippen LogP contribution in [0, 0.1) is 0 Å². The number of nitrogens with one attached hydrogen (secondary N) is 1. The first-order valence-corrected chi connectivity index (χ1v) is 12.0. The van der Waals surface area contributed by atoms with Crippen molar-refractivity contribution in [2.75, 3.05) is 23.5 Å². The number of rotatable bonds is 5. The van der Waals surface area contributed by atoms with Gasteiger partial charge in [-0.3, -0.25) is 14.5 Å². The van der Waals surface area contributed by atoms with E-state index < -0.39 is 0 Å². The quantitative estimate of drug-likeness (QED) is 0.222. The summed E-state index contributed by atoms with van der Waals surface area (Å²) >= 11 is 2.23. The molecule has 32 heavy (non-hydrogen) atoms.